The van der Waals surface area contributed by atoms with Crippen LogP contribution in [0.1, 0.15) is 12.0 Å². The van der Waals surface area contributed by atoms with E-state index in [1.54, 1.807) is 19.2 Å². The van der Waals surface area contributed by atoms with Gasteiger partial charge in [0, 0.05) is 64.1 Å². The molecule has 1 aromatic carbocycles. The van der Waals surface area contributed by atoms with E-state index >= 15 is 0 Å². The van der Waals surface area contributed by atoms with Gasteiger partial charge in [-0.25, -0.2) is 14.4 Å². The number of nitro benzene ring substituents is 1. The first-order chi connectivity index (χ1) is 17.5. The van der Waals surface area contributed by atoms with Crippen LogP contribution in [0.3, 0.4) is 0 Å². The molecule has 202 valence electrons. The maximum Gasteiger partial charge on any atom is 0.332 e. The van der Waals surface area contributed by atoms with Crippen molar-refractivity contribution in [3.63, 3.8) is 0 Å². The van der Waals surface area contributed by atoms with Crippen molar-refractivity contribution in [2.24, 2.45) is 14.1 Å². The number of aromatic nitrogens is 2. The van der Waals surface area contributed by atoms with E-state index in [0.717, 1.165) is 29.5 Å². The van der Waals surface area contributed by atoms with E-state index in [1.807, 2.05) is 0 Å². The molecule has 0 atom stereocenters. The molecule has 0 amide bonds. The molecule has 1 aromatic heterocycles. The summed E-state index contributed by atoms with van der Waals surface area (Å²) in [5, 5.41) is 38.7. The minimum Gasteiger partial charge on any atom is -0.478 e. The maximum absolute atomic E-state index is 11.9. The lowest BCUT2D eigenvalue weighted by Crippen LogP contribution is -2.38. The number of carboxylic acid groups (broad SMARTS) is 2. The predicted octanol–water partition coefficient (Wildman–Crippen LogP) is 0.0430. The van der Waals surface area contributed by atoms with E-state index in [4.69, 9.17) is 10.2 Å². The summed E-state index contributed by atoms with van der Waals surface area (Å²) in [6, 6.07) is 7.89. The Morgan fingerprint density at radius 3 is 2.14 bits per heavy atom. The van der Waals surface area contributed by atoms with Gasteiger partial charge >= 0.3 is 17.6 Å². The van der Waals surface area contributed by atoms with Crippen LogP contribution >= 0.6 is 0 Å². The molecular weight excluding hydrogens is 490 g/mol. The molecule has 0 aliphatic carbocycles. The van der Waals surface area contributed by atoms with E-state index < -0.39 is 22.6 Å². The summed E-state index contributed by atoms with van der Waals surface area (Å²) in [6.45, 7) is 2.43. The molecule has 4 N–H and O–H groups in total. The number of aliphatic hydroxyl groups is 1. The fraction of sp³-hybridized carbons (Fsp3) is 0.391. The summed E-state index contributed by atoms with van der Waals surface area (Å²) in [5.74, 6) is -2.06. The molecule has 0 saturated carbocycles. The van der Waals surface area contributed by atoms with Gasteiger partial charge in [0.05, 0.1) is 11.5 Å². The van der Waals surface area contributed by atoms with E-state index in [2.05, 4.69) is 10.2 Å². The number of nitro groups is 1. The van der Waals surface area contributed by atoms with Crippen molar-refractivity contribution in [2.75, 3.05) is 38.1 Å². The van der Waals surface area contributed by atoms with E-state index in [9.17, 15) is 34.4 Å². The number of benzene rings is 1. The van der Waals surface area contributed by atoms with E-state index in [1.165, 1.54) is 29.8 Å². The summed E-state index contributed by atoms with van der Waals surface area (Å²) in [6.07, 6.45) is 2.73. The van der Waals surface area contributed by atoms with Gasteiger partial charge in [0.15, 0.2) is 0 Å². The molecule has 0 spiro atoms. The number of aliphatic carboxylic acids is 2. The fourth-order valence-corrected chi connectivity index (χ4v) is 3.16. The van der Waals surface area contributed by atoms with Crippen molar-refractivity contribution < 1.29 is 29.8 Å². The van der Waals surface area contributed by atoms with Crippen molar-refractivity contribution in [1.29, 1.82) is 0 Å². The first-order valence-electron chi connectivity index (χ1n) is 11.2. The Bertz CT molecular complexity index is 1190. The van der Waals surface area contributed by atoms with Gasteiger partial charge in [0.2, 0.25) is 0 Å². The molecule has 0 saturated heterocycles. The van der Waals surface area contributed by atoms with Gasteiger partial charge in [0.25, 0.3) is 11.2 Å². The lowest BCUT2D eigenvalue weighted by Gasteiger charge is -2.22. The second-order valence-electron chi connectivity index (χ2n) is 7.80. The topological polar surface area (TPSA) is 197 Å². The van der Waals surface area contributed by atoms with E-state index in [-0.39, 0.29) is 17.9 Å². The van der Waals surface area contributed by atoms with Crippen LogP contribution < -0.4 is 16.6 Å². The molecule has 2 aromatic rings. The predicted molar refractivity (Wildman–Crippen MR) is 135 cm³/mol. The monoisotopic (exact) mass is 521 g/mol. The SMILES string of the molecule is Cn1c(NCCN(CCO)CCCc2ccc([N+](=O)[O-])cc2)cc(=O)n(C)c1=O.O=C(O)/C=C/C(=O)O. The van der Waals surface area contributed by atoms with Crippen LogP contribution in [-0.4, -0.2) is 79.0 Å². The van der Waals surface area contributed by atoms with Crippen molar-refractivity contribution in [1.82, 2.24) is 14.0 Å². The van der Waals surface area contributed by atoms with Crippen molar-refractivity contribution in [3.8, 4) is 0 Å². The number of hydrogen-bond acceptors (Lipinski definition) is 9. The van der Waals surface area contributed by atoms with E-state index in [0.29, 0.717) is 37.6 Å². The number of aryl methyl sites for hydroxylation is 1. The molecule has 37 heavy (non-hydrogen) atoms. The Morgan fingerprint density at radius 2 is 1.62 bits per heavy atom. The third-order valence-corrected chi connectivity index (χ3v) is 5.13. The summed E-state index contributed by atoms with van der Waals surface area (Å²) >= 11 is 0. The van der Waals surface area contributed by atoms with Crippen LogP contribution in [0.2, 0.25) is 0 Å². The molecule has 14 heteroatoms. The average Bonchev–Trinajstić information content (AvgIpc) is 2.85. The Labute approximate surface area is 211 Å². The van der Waals surface area contributed by atoms with Crippen molar-refractivity contribution in [2.45, 2.75) is 12.8 Å². The average molecular weight is 522 g/mol. The third-order valence-electron chi connectivity index (χ3n) is 5.13. The molecule has 14 nitrogen and oxygen atoms in total. The lowest BCUT2D eigenvalue weighted by atomic mass is 10.1. The highest BCUT2D eigenvalue weighted by Crippen LogP contribution is 2.13. The Hall–Kier alpha value is -4.30. The molecule has 0 fully saturated rings. The summed E-state index contributed by atoms with van der Waals surface area (Å²) < 4.78 is 2.42. The molecule has 0 radical (unpaired) electrons. The Balaban J connectivity index is 0.000000738. The Morgan fingerprint density at radius 1 is 1.03 bits per heavy atom. The van der Waals surface area contributed by atoms with Crippen LogP contribution in [-0.2, 0) is 30.1 Å². The molecule has 0 aliphatic rings. The van der Waals surface area contributed by atoms with Gasteiger partial charge in [-0.1, -0.05) is 12.1 Å². The summed E-state index contributed by atoms with van der Waals surface area (Å²) in [5.41, 5.74) is 0.334. The van der Waals surface area contributed by atoms with Gasteiger partial charge in [-0.05, 0) is 24.9 Å². The van der Waals surface area contributed by atoms with Crippen LogP contribution in [0.25, 0.3) is 0 Å². The summed E-state index contributed by atoms with van der Waals surface area (Å²) in [7, 11) is 3.03. The number of anilines is 1. The number of rotatable bonds is 13. The van der Waals surface area contributed by atoms with Crippen LogP contribution in [0.4, 0.5) is 11.5 Å². The van der Waals surface area contributed by atoms with Crippen molar-refractivity contribution in [3.05, 3.63) is 79.0 Å². The highest BCUT2D eigenvalue weighted by molar-refractivity contribution is 5.89. The zero-order valence-electron chi connectivity index (χ0n) is 20.6. The molecule has 0 bridgehead atoms. The number of carboxylic acids is 2. The third kappa shape index (κ3) is 11.3. The number of nitrogens with zero attached hydrogens (tertiary/aromatic N) is 4. The first kappa shape index (κ1) is 30.7. The maximum atomic E-state index is 11.9. The van der Waals surface area contributed by atoms with Crippen LogP contribution in [0.5, 0.6) is 0 Å². The molecular formula is C23H31N5O9. The van der Waals surface area contributed by atoms with Gasteiger partial charge in [-0.15, -0.1) is 0 Å². The molecule has 0 unspecified atom stereocenters. The van der Waals surface area contributed by atoms with Gasteiger partial charge in [-0.2, -0.15) is 0 Å². The van der Waals surface area contributed by atoms with Crippen molar-refractivity contribution >= 4 is 23.4 Å². The number of aliphatic hydroxyl groups excluding tert-OH is 1. The fourth-order valence-electron chi connectivity index (χ4n) is 3.16. The van der Waals surface area contributed by atoms with Crippen LogP contribution in [0, 0.1) is 10.1 Å². The number of hydrogen-bond donors (Lipinski definition) is 4. The zero-order chi connectivity index (χ0) is 28.0. The molecule has 1 heterocycles. The highest BCUT2D eigenvalue weighted by atomic mass is 16.6. The zero-order valence-corrected chi connectivity index (χ0v) is 20.6. The highest BCUT2D eigenvalue weighted by Gasteiger charge is 2.08. The van der Waals surface area contributed by atoms with Gasteiger partial charge in [-0.3, -0.25) is 28.9 Å². The molecule has 0 aliphatic heterocycles. The van der Waals surface area contributed by atoms with Crippen LogP contribution in [0.15, 0.2) is 52.1 Å². The standard InChI is InChI=1S/C19H27N5O5.C4H4O4/c1-21-17(14-18(26)22(2)19(21)27)20-9-11-23(12-13-25)10-3-4-15-5-7-16(8-6-15)24(28)29;5-3(6)1-2-4(7)8/h5-8,14,20,25H,3-4,9-13H2,1-2H3;1-2H,(H,5,6)(H,7,8)/b;2-1+. The summed E-state index contributed by atoms with van der Waals surface area (Å²) in [4.78, 5) is 55.2. The minimum atomic E-state index is -1.26. The lowest BCUT2D eigenvalue weighted by molar-refractivity contribution is -0.384. The number of nitrogens with one attached hydrogen (secondary N) is 1. The van der Waals surface area contributed by atoms with Gasteiger partial charge in [0.1, 0.15) is 5.82 Å². The quantitative estimate of drug-likeness (QED) is 0.158. The first-order valence-corrected chi connectivity index (χ1v) is 11.2. The van der Waals surface area contributed by atoms with Gasteiger partial charge < -0.3 is 20.6 Å². The second kappa shape index (κ2) is 15.6. The normalized spacial score (nSPS) is 10.7. The number of carbonyl (C=O) groups is 2. The minimum absolute atomic E-state index is 0.0297. The second-order valence-corrected chi connectivity index (χ2v) is 7.80. The smallest absolute Gasteiger partial charge is 0.332 e. The molecule has 2 rings (SSSR count). The largest absolute Gasteiger partial charge is 0.478 e. The number of non-ortho nitro benzene ring substituents is 1. The Kier molecular flexibility index (Phi) is 13.0.